The van der Waals surface area contributed by atoms with Crippen LogP contribution >= 0.6 is 7.82 Å². The summed E-state index contributed by atoms with van der Waals surface area (Å²) in [7, 11) is 1.57. The number of unbranched alkanes of at least 4 members (excludes halogenated alkanes) is 29. The normalized spacial score (nSPS) is 14.5. The highest BCUT2D eigenvalue weighted by Gasteiger charge is 2.27. The van der Waals surface area contributed by atoms with Crippen LogP contribution < -0.4 is 5.32 Å². The van der Waals surface area contributed by atoms with Crippen LogP contribution in [0.2, 0.25) is 0 Å². The maximum atomic E-state index is 13.0. The van der Waals surface area contributed by atoms with Crippen molar-refractivity contribution in [3.05, 3.63) is 72.9 Å². The molecular weight excluding hydrogens is 876 g/mol. The molecule has 0 fully saturated rings. The third kappa shape index (κ3) is 53.6. The summed E-state index contributed by atoms with van der Waals surface area (Å²) in [5.74, 6) is -0.178. The summed E-state index contributed by atoms with van der Waals surface area (Å²) >= 11 is 0. The third-order valence-electron chi connectivity index (χ3n) is 12.7. The molecule has 0 aliphatic rings. The summed E-state index contributed by atoms with van der Waals surface area (Å²) in [5.41, 5.74) is 0. The van der Waals surface area contributed by atoms with Gasteiger partial charge in [-0.05, 0) is 64.2 Å². The Morgan fingerprint density at radius 3 is 1.28 bits per heavy atom. The molecule has 0 heterocycles. The minimum Gasteiger partial charge on any atom is -0.387 e. The fourth-order valence-electron chi connectivity index (χ4n) is 8.19. The van der Waals surface area contributed by atoms with Gasteiger partial charge in [0.25, 0.3) is 0 Å². The van der Waals surface area contributed by atoms with E-state index >= 15 is 0 Å². The van der Waals surface area contributed by atoms with Crippen molar-refractivity contribution in [2.75, 3.05) is 40.9 Å². The van der Waals surface area contributed by atoms with Crippen LogP contribution in [0, 0.1) is 0 Å². The van der Waals surface area contributed by atoms with Gasteiger partial charge in [-0.25, -0.2) is 4.57 Å². The summed E-state index contributed by atoms with van der Waals surface area (Å²) in [4.78, 5) is 23.3. The highest BCUT2D eigenvalue weighted by Crippen LogP contribution is 2.43. The van der Waals surface area contributed by atoms with Crippen LogP contribution in [0.1, 0.15) is 251 Å². The zero-order valence-electron chi connectivity index (χ0n) is 45.8. The number of aliphatic hydroxyl groups excluding tert-OH is 1. The van der Waals surface area contributed by atoms with Gasteiger partial charge in [0.2, 0.25) is 5.91 Å². The van der Waals surface area contributed by atoms with E-state index in [9.17, 15) is 19.4 Å². The number of carbonyl (C=O) groups excluding carboxylic acids is 1. The van der Waals surface area contributed by atoms with E-state index in [1.165, 1.54) is 161 Å². The highest BCUT2D eigenvalue weighted by molar-refractivity contribution is 7.47. The van der Waals surface area contributed by atoms with Crippen molar-refractivity contribution >= 4 is 13.7 Å². The molecule has 3 atom stereocenters. The van der Waals surface area contributed by atoms with E-state index in [1.807, 2.05) is 27.2 Å². The monoisotopic (exact) mass is 988 g/mol. The van der Waals surface area contributed by atoms with E-state index < -0.39 is 20.0 Å². The van der Waals surface area contributed by atoms with Gasteiger partial charge in [0, 0.05) is 6.42 Å². The lowest BCUT2D eigenvalue weighted by atomic mass is 10.0. The Bertz CT molecular complexity index is 1350. The smallest absolute Gasteiger partial charge is 0.387 e. The molecule has 0 spiro atoms. The number of nitrogens with one attached hydrogen (secondary N) is 1. The number of aliphatic hydroxyl groups is 1. The SMILES string of the molecule is CC/C=C\C/C=C\C/C=C\C/C=C\C/C=C\CCCCCCCCCCCCCCCCCC(=O)NC(COP(=O)(O)OCC[N+](C)(C)C)C(O)/C=C/CCCCCCCCCCCCCCCC. The largest absolute Gasteiger partial charge is 0.472 e. The van der Waals surface area contributed by atoms with Gasteiger partial charge in [-0.3, -0.25) is 13.8 Å². The second-order valence-corrected chi connectivity index (χ2v) is 22.1. The first-order chi connectivity index (χ1) is 33.5. The molecular formula is C60H112N2O6P+. The lowest BCUT2D eigenvalue weighted by molar-refractivity contribution is -0.870. The molecule has 0 bridgehead atoms. The van der Waals surface area contributed by atoms with Crippen molar-refractivity contribution < 1.29 is 32.9 Å². The molecule has 1 amide bonds. The number of phosphoric acid groups is 1. The summed E-state index contributed by atoms with van der Waals surface area (Å²) < 4.78 is 23.7. The van der Waals surface area contributed by atoms with Crippen molar-refractivity contribution in [3.63, 3.8) is 0 Å². The minimum atomic E-state index is -4.35. The van der Waals surface area contributed by atoms with Gasteiger partial charge in [0.15, 0.2) is 0 Å². The number of hydrogen-bond donors (Lipinski definition) is 3. The third-order valence-corrected chi connectivity index (χ3v) is 13.7. The fraction of sp³-hybridized carbons (Fsp3) is 0.783. The lowest BCUT2D eigenvalue weighted by Crippen LogP contribution is -2.45. The number of amides is 1. The van der Waals surface area contributed by atoms with Crippen molar-refractivity contribution in [1.29, 1.82) is 0 Å². The van der Waals surface area contributed by atoms with E-state index in [1.54, 1.807) is 6.08 Å². The van der Waals surface area contributed by atoms with Crippen LogP contribution in [0.3, 0.4) is 0 Å². The molecule has 402 valence electrons. The summed E-state index contributed by atoms with van der Waals surface area (Å²) in [5, 5.41) is 13.9. The van der Waals surface area contributed by atoms with Gasteiger partial charge in [-0.1, -0.05) is 254 Å². The molecule has 8 nitrogen and oxygen atoms in total. The van der Waals surface area contributed by atoms with Crippen LogP contribution in [0.5, 0.6) is 0 Å². The van der Waals surface area contributed by atoms with Gasteiger partial charge in [-0.15, -0.1) is 0 Å². The van der Waals surface area contributed by atoms with E-state index in [0.29, 0.717) is 17.4 Å². The van der Waals surface area contributed by atoms with Gasteiger partial charge < -0.3 is 19.8 Å². The van der Waals surface area contributed by atoms with Gasteiger partial charge >= 0.3 is 7.82 Å². The molecule has 0 saturated heterocycles. The van der Waals surface area contributed by atoms with Crippen LogP contribution in [0.4, 0.5) is 0 Å². The molecule has 0 aromatic rings. The molecule has 0 aliphatic carbocycles. The zero-order chi connectivity index (χ0) is 50.6. The Morgan fingerprint density at radius 1 is 0.507 bits per heavy atom. The molecule has 0 aliphatic heterocycles. The van der Waals surface area contributed by atoms with E-state index in [4.69, 9.17) is 9.05 Å². The van der Waals surface area contributed by atoms with E-state index in [-0.39, 0.29) is 19.1 Å². The zero-order valence-corrected chi connectivity index (χ0v) is 46.7. The first-order valence-electron chi connectivity index (χ1n) is 28.8. The number of rotatable bonds is 52. The quantitative estimate of drug-likeness (QED) is 0.0243. The highest BCUT2D eigenvalue weighted by atomic mass is 31.2. The second kappa shape index (κ2) is 50.9. The van der Waals surface area contributed by atoms with Gasteiger partial charge in [0.05, 0.1) is 39.9 Å². The van der Waals surface area contributed by atoms with Crippen molar-refractivity contribution in [3.8, 4) is 0 Å². The summed E-state index contributed by atoms with van der Waals surface area (Å²) in [6.45, 7) is 4.71. The molecule has 0 saturated carbocycles. The Balaban J connectivity index is 4.13. The molecule has 3 N–H and O–H groups in total. The average Bonchev–Trinajstić information content (AvgIpc) is 3.31. The van der Waals surface area contributed by atoms with Crippen molar-refractivity contribution in [2.45, 2.75) is 264 Å². The topological polar surface area (TPSA) is 105 Å². The number of hydrogen-bond acceptors (Lipinski definition) is 5. The predicted octanol–water partition coefficient (Wildman–Crippen LogP) is 17.5. The summed E-state index contributed by atoms with van der Waals surface area (Å²) in [6, 6.07) is -0.849. The average molecular weight is 989 g/mol. The Hall–Kier alpha value is -2.06. The number of phosphoric ester groups is 1. The molecule has 3 unspecified atom stereocenters. The minimum absolute atomic E-state index is 0.0601. The Morgan fingerprint density at radius 2 is 0.870 bits per heavy atom. The second-order valence-electron chi connectivity index (χ2n) is 20.6. The molecule has 9 heteroatoms. The molecule has 0 aromatic carbocycles. The van der Waals surface area contributed by atoms with Crippen LogP contribution in [-0.4, -0.2) is 73.4 Å². The molecule has 69 heavy (non-hydrogen) atoms. The maximum Gasteiger partial charge on any atom is 0.472 e. The van der Waals surface area contributed by atoms with Crippen LogP contribution in [0.15, 0.2) is 72.9 Å². The van der Waals surface area contributed by atoms with Gasteiger partial charge in [0.1, 0.15) is 13.2 Å². The van der Waals surface area contributed by atoms with Crippen molar-refractivity contribution in [2.24, 2.45) is 0 Å². The number of likely N-dealkylation sites (N-methyl/N-ethyl adjacent to an activating group) is 1. The molecule has 0 aromatic heterocycles. The first kappa shape index (κ1) is 66.9. The fourth-order valence-corrected chi connectivity index (χ4v) is 8.92. The molecule has 0 radical (unpaired) electrons. The standard InChI is InChI=1S/C60H111N2O6P/c1-6-8-10-12-14-16-18-20-22-24-25-26-27-28-29-30-31-32-33-34-35-36-37-38-40-42-44-46-48-50-52-54-60(64)61-58(57-68-69(65,66)67-56-55-62(3,4)5)59(63)53-51-49-47-45-43-41-39-23-21-19-17-15-13-11-9-7-2/h8,10,14,16,20,22,25-26,28-29,51,53,58-59,63H,6-7,9,11-13,15,17-19,21,23-24,27,30-50,52,54-57H2,1-5H3,(H-,61,64,65,66)/p+1/b10-8-,16-14-,22-20-,26-25-,29-28-,53-51+. The Kier molecular flexibility index (Phi) is 49.3. The van der Waals surface area contributed by atoms with Crippen LogP contribution in [-0.2, 0) is 18.4 Å². The van der Waals surface area contributed by atoms with E-state index in [2.05, 4.69) is 79.9 Å². The first-order valence-corrected chi connectivity index (χ1v) is 30.3. The van der Waals surface area contributed by atoms with Crippen molar-refractivity contribution in [1.82, 2.24) is 5.32 Å². The maximum absolute atomic E-state index is 13.0. The Labute approximate surface area is 427 Å². The predicted molar refractivity (Wildman–Crippen MR) is 300 cm³/mol. The number of allylic oxidation sites excluding steroid dienone is 11. The lowest BCUT2D eigenvalue weighted by Gasteiger charge is -2.25. The van der Waals surface area contributed by atoms with E-state index in [0.717, 1.165) is 70.6 Å². The van der Waals surface area contributed by atoms with Gasteiger partial charge in [-0.2, -0.15) is 0 Å². The number of quaternary nitrogens is 1. The summed E-state index contributed by atoms with van der Waals surface area (Å²) in [6.07, 6.45) is 70.0. The van der Waals surface area contributed by atoms with Crippen LogP contribution in [0.25, 0.3) is 0 Å². The molecule has 0 rings (SSSR count). The number of nitrogens with zero attached hydrogens (tertiary/aromatic N) is 1. The number of carbonyl (C=O) groups is 1.